The molecule has 2 heteroatoms. The minimum Gasteiger partial charge on any atom is -0.353 e. The first-order valence-electron chi connectivity index (χ1n) is 5.76. The molecule has 3 rings (SSSR count). The third-order valence-corrected chi connectivity index (χ3v) is 3.88. The van der Waals surface area contributed by atoms with Crippen LogP contribution in [0.3, 0.4) is 0 Å². The van der Waals surface area contributed by atoms with Gasteiger partial charge in [0.05, 0.1) is 5.60 Å². The molecule has 2 aliphatic carbocycles. The third-order valence-electron chi connectivity index (χ3n) is 3.88. The van der Waals surface area contributed by atoms with E-state index in [0.717, 1.165) is 31.3 Å². The van der Waals surface area contributed by atoms with Gasteiger partial charge >= 0.3 is 0 Å². The summed E-state index contributed by atoms with van der Waals surface area (Å²) in [5.74, 6) is 1.55. The van der Waals surface area contributed by atoms with Gasteiger partial charge in [0.25, 0.3) is 0 Å². The van der Waals surface area contributed by atoms with E-state index in [-0.39, 0.29) is 11.9 Å². The largest absolute Gasteiger partial charge is 0.353 e. The first-order chi connectivity index (χ1) is 6.77. The van der Waals surface area contributed by atoms with Crippen molar-refractivity contribution in [1.82, 2.24) is 0 Å². The van der Waals surface area contributed by atoms with Crippen molar-refractivity contribution in [3.8, 4) is 0 Å². The van der Waals surface area contributed by atoms with Gasteiger partial charge in [-0.15, -0.1) is 0 Å². The Kier molecular flexibility index (Phi) is 1.96. The zero-order valence-corrected chi connectivity index (χ0v) is 8.74. The summed E-state index contributed by atoms with van der Waals surface area (Å²) in [7, 11) is 0. The zero-order chi connectivity index (χ0) is 9.60. The van der Waals surface area contributed by atoms with E-state index >= 15 is 0 Å². The van der Waals surface area contributed by atoms with Crippen LogP contribution in [0, 0.1) is 11.8 Å². The average molecular weight is 194 g/mol. The molecule has 0 amide bonds. The highest BCUT2D eigenvalue weighted by atomic mass is 16.7. The molecule has 0 aromatic carbocycles. The van der Waals surface area contributed by atoms with Gasteiger partial charge in [0.2, 0.25) is 0 Å². The van der Waals surface area contributed by atoms with Gasteiger partial charge in [-0.2, -0.15) is 0 Å². The molecule has 2 bridgehead atoms. The molecule has 1 heterocycles. The van der Waals surface area contributed by atoms with Crippen LogP contribution in [0.25, 0.3) is 0 Å². The second-order valence-electron chi connectivity index (χ2n) is 5.03. The minimum atomic E-state index is 0.0408. The second kappa shape index (κ2) is 3.07. The summed E-state index contributed by atoms with van der Waals surface area (Å²) in [6.07, 6.45) is 9.30. The van der Waals surface area contributed by atoms with Crippen LogP contribution >= 0.6 is 0 Å². The van der Waals surface area contributed by atoms with Crippen molar-refractivity contribution in [2.45, 2.75) is 44.5 Å². The SMILES string of the molecule is CC1CC2(OC3CCCO3)C=CC1C2. The zero-order valence-electron chi connectivity index (χ0n) is 8.74. The number of rotatable bonds is 2. The van der Waals surface area contributed by atoms with Gasteiger partial charge in [-0.1, -0.05) is 19.1 Å². The number of hydrogen-bond donors (Lipinski definition) is 0. The first-order valence-corrected chi connectivity index (χ1v) is 5.76. The summed E-state index contributed by atoms with van der Waals surface area (Å²) in [5.41, 5.74) is 0.0408. The lowest BCUT2D eigenvalue weighted by molar-refractivity contribution is -0.170. The van der Waals surface area contributed by atoms with Gasteiger partial charge in [-0.25, -0.2) is 0 Å². The molecule has 3 aliphatic rings. The number of hydrogen-bond acceptors (Lipinski definition) is 2. The summed E-state index contributed by atoms with van der Waals surface area (Å²) < 4.78 is 11.7. The topological polar surface area (TPSA) is 18.5 Å². The minimum absolute atomic E-state index is 0.0408. The van der Waals surface area contributed by atoms with Crippen LogP contribution in [-0.4, -0.2) is 18.5 Å². The Balaban J connectivity index is 1.69. The van der Waals surface area contributed by atoms with Gasteiger partial charge in [-0.05, 0) is 31.1 Å². The predicted octanol–water partition coefficient (Wildman–Crippen LogP) is 2.49. The van der Waals surface area contributed by atoms with Gasteiger partial charge in [0, 0.05) is 13.0 Å². The molecule has 0 radical (unpaired) electrons. The molecule has 4 atom stereocenters. The Morgan fingerprint density at radius 3 is 2.93 bits per heavy atom. The van der Waals surface area contributed by atoms with E-state index in [1.165, 1.54) is 12.8 Å². The van der Waals surface area contributed by atoms with Gasteiger partial charge < -0.3 is 9.47 Å². The molecule has 1 saturated heterocycles. The van der Waals surface area contributed by atoms with Crippen LogP contribution in [0.1, 0.15) is 32.6 Å². The third kappa shape index (κ3) is 1.32. The van der Waals surface area contributed by atoms with E-state index < -0.39 is 0 Å². The first kappa shape index (κ1) is 8.93. The fourth-order valence-corrected chi connectivity index (χ4v) is 3.11. The molecule has 0 aromatic rings. The van der Waals surface area contributed by atoms with Crippen LogP contribution < -0.4 is 0 Å². The summed E-state index contributed by atoms with van der Waals surface area (Å²) in [6.45, 7) is 3.21. The van der Waals surface area contributed by atoms with E-state index in [0.29, 0.717) is 0 Å². The lowest BCUT2D eigenvalue weighted by atomic mass is 9.94. The standard InChI is InChI=1S/C12H18O2/c1-9-7-12(5-4-10(9)8-12)14-11-3-2-6-13-11/h4-5,9-11H,2-3,6-8H2,1H3. The molecule has 0 spiro atoms. The van der Waals surface area contributed by atoms with Crippen molar-refractivity contribution < 1.29 is 9.47 Å². The summed E-state index contributed by atoms with van der Waals surface area (Å²) >= 11 is 0. The van der Waals surface area contributed by atoms with Crippen molar-refractivity contribution in [1.29, 1.82) is 0 Å². The molecular formula is C12H18O2. The fourth-order valence-electron chi connectivity index (χ4n) is 3.11. The Hall–Kier alpha value is -0.340. The normalized spacial score (nSPS) is 50.5. The Morgan fingerprint density at radius 1 is 1.43 bits per heavy atom. The monoisotopic (exact) mass is 194 g/mol. The molecule has 2 fully saturated rings. The molecule has 1 saturated carbocycles. The highest BCUT2D eigenvalue weighted by Crippen LogP contribution is 2.49. The van der Waals surface area contributed by atoms with E-state index in [4.69, 9.17) is 9.47 Å². The Bertz CT molecular complexity index is 255. The van der Waals surface area contributed by atoms with E-state index in [9.17, 15) is 0 Å². The maximum Gasteiger partial charge on any atom is 0.158 e. The fraction of sp³-hybridized carbons (Fsp3) is 0.833. The van der Waals surface area contributed by atoms with Crippen molar-refractivity contribution >= 4 is 0 Å². The van der Waals surface area contributed by atoms with E-state index in [1.807, 2.05) is 0 Å². The molecule has 2 nitrogen and oxygen atoms in total. The number of allylic oxidation sites excluding steroid dienone is 1. The van der Waals surface area contributed by atoms with Gasteiger partial charge in [0.1, 0.15) is 0 Å². The lowest BCUT2D eigenvalue weighted by Gasteiger charge is -2.28. The second-order valence-corrected chi connectivity index (χ2v) is 5.03. The number of ether oxygens (including phenoxy) is 2. The van der Waals surface area contributed by atoms with Crippen molar-refractivity contribution in [2.75, 3.05) is 6.61 Å². The van der Waals surface area contributed by atoms with Crippen LogP contribution in [0.2, 0.25) is 0 Å². The summed E-state index contributed by atoms with van der Waals surface area (Å²) in [6, 6.07) is 0. The maximum atomic E-state index is 6.11. The summed E-state index contributed by atoms with van der Waals surface area (Å²) in [4.78, 5) is 0. The van der Waals surface area contributed by atoms with E-state index in [1.54, 1.807) is 0 Å². The smallest absolute Gasteiger partial charge is 0.158 e. The molecular weight excluding hydrogens is 176 g/mol. The lowest BCUT2D eigenvalue weighted by Crippen LogP contribution is -2.31. The van der Waals surface area contributed by atoms with Gasteiger partial charge in [0.15, 0.2) is 6.29 Å². The van der Waals surface area contributed by atoms with Crippen molar-refractivity contribution in [3.05, 3.63) is 12.2 Å². The van der Waals surface area contributed by atoms with Crippen LogP contribution in [0.15, 0.2) is 12.2 Å². The summed E-state index contributed by atoms with van der Waals surface area (Å²) in [5, 5.41) is 0. The highest BCUT2D eigenvalue weighted by molar-refractivity contribution is 5.20. The maximum absolute atomic E-state index is 6.11. The Morgan fingerprint density at radius 2 is 2.36 bits per heavy atom. The molecule has 1 aliphatic heterocycles. The molecule has 0 N–H and O–H groups in total. The molecule has 78 valence electrons. The van der Waals surface area contributed by atoms with Gasteiger partial charge in [-0.3, -0.25) is 0 Å². The van der Waals surface area contributed by atoms with Crippen LogP contribution in [-0.2, 0) is 9.47 Å². The molecule has 0 aromatic heterocycles. The van der Waals surface area contributed by atoms with Crippen LogP contribution in [0.4, 0.5) is 0 Å². The van der Waals surface area contributed by atoms with E-state index in [2.05, 4.69) is 19.1 Å². The predicted molar refractivity (Wildman–Crippen MR) is 53.8 cm³/mol. The Labute approximate surface area is 85.3 Å². The number of fused-ring (bicyclic) bond motifs is 2. The van der Waals surface area contributed by atoms with Crippen molar-refractivity contribution in [2.24, 2.45) is 11.8 Å². The van der Waals surface area contributed by atoms with Crippen molar-refractivity contribution in [3.63, 3.8) is 0 Å². The van der Waals surface area contributed by atoms with Crippen LogP contribution in [0.5, 0.6) is 0 Å². The molecule has 4 unspecified atom stereocenters. The average Bonchev–Trinajstić information content (AvgIpc) is 2.80. The quantitative estimate of drug-likeness (QED) is 0.629. The molecule has 14 heavy (non-hydrogen) atoms. The highest BCUT2D eigenvalue weighted by Gasteiger charge is 2.47.